The summed E-state index contributed by atoms with van der Waals surface area (Å²) in [6.07, 6.45) is 4.31. The van der Waals surface area contributed by atoms with Gasteiger partial charge in [0.1, 0.15) is 0 Å². The van der Waals surface area contributed by atoms with E-state index in [1.165, 1.54) is 0 Å². The number of carboxylic acids is 1. The Morgan fingerprint density at radius 2 is 1.71 bits per heavy atom. The molecule has 2 N–H and O–H groups in total. The number of carbonyl (C=O) groups is 3. The number of likely N-dealkylation sites (tertiary alicyclic amines) is 1. The monoisotopic (exact) mass is 296 g/mol. The molecule has 0 aromatic heterocycles. The van der Waals surface area contributed by atoms with Gasteiger partial charge in [0.2, 0.25) is 11.8 Å². The molecule has 2 rings (SSSR count). The second-order valence-electron chi connectivity index (χ2n) is 6.14. The van der Waals surface area contributed by atoms with E-state index >= 15 is 0 Å². The van der Waals surface area contributed by atoms with E-state index in [2.05, 4.69) is 5.32 Å². The minimum absolute atomic E-state index is 0.0143. The third-order valence-corrected chi connectivity index (χ3v) is 4.72. The summed E-state index contributed by atoms with van der Waals surface area (Å²) in [6.45, 7) is 1.15. The van der Waals surface area contributed by atoms with Crippen LogP contribution in [0.5, 0.6) is 0 Å². The Bertz CT molecular complexity index is 424. The van der Waals surface area contributed by atoms with Crippen molar-refractivity contribution in [2.24, 2.45) is 17.8 Å². The van der Waals surface area contributed by atoms with Gasteiger partial charge in [-0.15, -0.1) is 0 Å². The van der Waals surface area contributed by atoms with Gasteiger partial charge in [0.05, 0.1) is 11.8 Å². The molecule has 2 fully saturated rings. The zero-order chi connectivity index (χ0) is 15.4. The predicted octanol–water partition coefficient (Wildman–Crippen LogP) is 0.862. The van der Waals surface area contributed by atoms with Crippen LogP contribution < -0.4 is 5.32 Å². The van der Waals surface area contributed by atoms with Crippen LogP contribution in [0.15, 0.2) is 0 Å². The summed E-state index contributed by atoms with van der Waals surface area (Å²) in [5.74, 6) is -1.49. The Labute approximate surface area is 124 Å². The van der Waals surface area contributed by atoms with Gasteiger partial charge in [0, 0.05) is 26.1 Å². The van der Waals surface area contributed by atoms with Crippen molar-refractivity contribution in [1.29, 1.82) is 0 Å². The van der Waals surface area contributed by atoms with Gasteiger partial charge in [-0.2, -0.15) is 0 Å². The molecule has 0 bridgehead atoms. The molecule has 0 aromatic rings. The first-order valence-electron chi connectivity index (χ1n) is 7.76. The van der Waals surface area contributed by atoms with Crippen molar-refractivity contribution in [2.45, 2.75) is 38.5 Å². The number of carbonyl (C=O) groups excluding carboxylic acids is 2. The first kappa shape index (κ1) is 15.8. The average Bonchev–Trinajstić information content (AvgIpc) is 2.53. The normalized spacial score (nSPS) is 29.8. The Hall–Kier alpha value is -1.59. The van der Waals surface area contributed by atoms with Crippen LogP contribution in [0.1, 0.15) is 38.5 Å². The van der Waals surface area contributed by atoms with Crippen LogP contribution in [-0.2, 0) is 14.4 Å². The molecule has 3 atom stereocenters. The maximum absolute atomic E-state index is 12.6. The number of carboxylic acid groups (broad SMARTS) is 1. The van der Waals surface area contributed by atoms with Crippen LogP contribution in [0.25, 0.3) is 0 Å². The van der Waals surface area contributed by atoms with Crippen LogP contribution in [-0.4, -0.2) is 47.9 Å². The molecule has 3 unspecified atom stereocenters. The summed E-state index contributed by atoms with van der Waals surface area (Å²) < 4.78 is 0. The summed E-state index contributed by atoms with van der Waals surface area (Å²) in [6, 6.07) is 0. The molecule has 118 valence electrons. The molecule has 0 spiro atoms. The van der Waals surface area contributed by atoms with Crippen LogP contribution in [0.2, 0.25) is 0 Å². The first-order chi connectivity index (χ1) is 10.0. The third kappa shape index (κ3) is 3.74. The van der Waals surface area contributed by atoms with E-state index in [1.807, 2.05) is 0 Å². The molecule has 2 aliphatic rings. The van der Waals surface area contributed by atoms with Gasteiger partial charge < -0.3 is 15.3 Å². The summed E-state index contributed by atoms with van der Waals surface area (Å²) >= 11 is 0. The van der Waals surface area contributed by atoms with E-state index in [0.717, 1.165) is 25.7 Å². The number of amides is 2. The molecule has 1 saturated carbocycles. The summed E-state index contributed by atoms with van der Waals surface area (Å²) in [7, 11) is 1.61. The van der Waals surface area contributed by atoms with Crippen molar-refractivity contribution in [2.75, 3.05) is 20.1 Å². The predicted molar refractivity (Wildman–Crippen MR) is 76.5 cm³/mol. The molecule has 2 amide bonds. The highest BCUT2D eigenvalue weighted by atomic mass is 16.4. The number of rotatable bonds is 3. The van der Waals surface area contributed by atoms with Crippen molar-refractivity contribution in [1.82, 2.24) is 10.2 Å². The number of piperidine rings is 1. The molecular weight excluding hydrogens is 272 g/mol. The number of aliphatic carboxylic acids is 1. The van der Waals surface area contributed by atoms with Crippen LogP contribution in [0.4, 0.5) is 0 Å². The van der Waals surface area contributed by atoms with Crippen LogP contribution >= 0.6 is 0 Å². The molecule has 21 heavy (non-hydrogen) atoms. The highest BCUT2D eigenvalue weighted by molar-refractivity contribution is 5.83. The molecule has 1 saturated heterocycles. The van der Waals surface area contributed by atoms with Crippen LogP contribution in [0, 0.1) is 17.8 Å². The van der Waals surface area contributed by atoms with Gasteiger partial charge >= 0.3 is 5.97 Å². The summed E-state index contributed by atoms with van der Waals surface area (Å²) in [4.78, 5) is 37.2. The van der Waals surface area contributed by atoms with Crippen molar-refractivity contribution in [3.8, 4) is 0 Å². The van der Waals surface area contributed by atoms with E-state index < -0.39 is 11.9 Å². The maximum atomic E-state index is 12.6. The second kappa shape index (κ2) is 6.91. The SMILES string of the molecule is CNC(=O)C1CCCN(C(=O)C2CCCC(C(=O)O)C2)C1. The van der Waals surface area contributed by atoms with Gasteiger partial charge in [-0.25, -0.2) is 0 Å². The Morgan fingerprint density at radius 3 is 2.38 bits per heavy atom. The Kier molecular flexibility index (Phi) is 5.20. The zero-order valence-electron chi connectivity index (χ0n) is 12.5. The van der Waals surface area contributed by atoms with Gasteiger partial charge in [0.15, 0.2) is 0 Å². The lowest BCUT2D eigenvalue weighted by Crippen LogP contribution is -2.47. The van der Waals surface area contributed by atoms with Crippen molar-refractivity contribution in [3.05, 3.63) is 0 Å². The molecular formula is C15H24N2O4. The van der Waals surface area contributed by atoms with E-state index in [0.29, 0.717) is 25.9 Å². The molecule has 1 heterocycles. The number of nitrogens with one attached hydrogen (secondary N) is 1. The molecule has 6 heteroatoms. The molecule has 1 aliphatic carbocycles. The second-order valence-corrected chi connectivity index (χ2v) is 6.14. The standard InChI is InChI=1S/C15H24N2O4/c1-16-13(18)12-6-3-7-17(9-12)14(19)10-4-2-5-11(8-10)15(20)21/h10-12H,2-9H2,1H3,(H,16,18)(H,20,21). The molecule has 0 radical (unpaired) electrons. The fourth-order valence-corrected chi connectivity index (χ4v) is 3.49. The van der Waals surface area contributed by atoms with Crippen molar-refractivity contribution in [3.63, 3.8) is 0 Å². The molecule has 1 aliphatic heterocycles. The smallest absolute Gasteiger partial charge is 0.306 e. The van der Waals surface area contributed by atoms with Crippen LogP contribution in [0.3, 0.4) is 0 Å². The van der Waals surface area contributed by atoms with Crippen molar-refractivity contribution < 1.29 is 19.5 Å². The number of nitrogens with zero attached hydrogens (tertiary/aromatic N) is 1. The minimum atomic E-state index is -0.797. The Morgan fingerprint density at radius 1 is 1.05 bits per heavy atom. The quantitative estimate of drug-likeness (QED) is 0.809. The highest BCUT2D eigenvalue weighted by Crippen LogP contribution is 2.31. The number of hydrogen-bond acceptors (Lipinski definition) is 3. The largest absolute Gasteiger partial charge is 0.481 e. The first-order valence-corrected chi connectivity index (χ1v) is 7.76. The minimum Gasteiger partial charge on any atom is -0.481 e. The van der Waals surface area contributed by atoms with E-state index in [1.54, 1.807) is 11.9 Å². The van der Waals surface area contributed by atoms with Gasteiger partial charge in [-0.3, -0.25) is 14.4 Å². The average molecular weight is 296 g/mol. The lowest BCUT2D eigenvalue weighted by molar-refractivity contribution is -0.146. The summed E-state index contributed by atoms with van der Waals surface area (Å²) in [5.41, 5.74) is 0. The fourth-order valence-electron chi connectivity index (χ4n) is 3.49. The van der Waals surface area contributed by atoms with E-state index in [4.69, 9.17) is 5.11 Å². The van der Waals surface area contributed by atoms with Gasteiger partial charge in [-0.1, -0.05) is 6.42 Å². The van der Waals surface area contributed by atoms with Crippen molar-refractivity contribution >= 4 is 17.8 Å². The lowest BCUT2D eigenvalue weighted by Gasteiger charge is -2.36. The fraction of sp³-hybridized carbons (Fsp3) is 0.800. The van der Waals surface area contributed by atoms with E-state index in [-0.39, 0.29) is 23.7 Å². The van der Waals surface area contributed by atoms with Gasteiger partial charge in [0.25, 0.3) is 0 Å². The third-order valence-electron chi connectivity index (χ3n) is 4.72. The maximum Gasteiger partial charge on any atom is 0.306 e. The zero-order valence-corrected chi connectivity index (χ0v) is 12.5. The highest BCUT2D eigenvalue weighted by Gasteiger charge is 2.35. The summed E-state index contributed by atoms with van der Waals surface area (Å²) in [5, 5.41) is 11.8. The Balaban J connectivity index is 1.95. The lowest BCUT2D eigenvalue weighted by atomic mass is 9.80. The van der Waals surface area contributed by atoms with E-state index in [9.17, 15) is 14.4 Å². The molecule has 6 nitrogen and oxygen atoms in total. The molecule has 0 aromatic carbocycles. The topological polar surface area (TPSA) is 86.7 Å². The number of hydrogen-bond donors (Lipinski definition) is 2. The van der Waals surface area contributed by atoms with Gasteiger partial charge in [-0.05, 0) is 32.1 Å².